The number of nitrogens with one attached hydrogen (secondary N) is 1. The highest BCUT2D eigenvalue weighted by Gasteiger charge is 2.08. The van der Waals surface area contributed by atoms with Crippen LogP contribution in [0.3, 0.4) is 0 Å². The molecule has 1 unspecified atom stereocenters. The Balaban J connectivity index is 2.32. The molecule has 0 aliphatic rings. The van der Waals surface area contributed by atoms with Crippen LogP contribution in [-0.2, 0) is 11.2 Å². The van der Waals surface area contributed by atoms with Gasteiger partial charge < -0.3 is 10.1 Å². The first-order valence-corrected chi connectivity index (χ1v) is 5.96. The van der Waals surface area contributed by atoms with Crippen LogP contribution in [0.2, 0.25) is 0 Å². The van der Waals surface area contributed by atoms with Gasteiger partial charge in [-0.25, -0.2) is 0 Å². The average molecular weight is 213 g/mol. The molecular weight excluding hydrogens is 194 g/mol. The summed E-state index contributed by atoms with van der Waals surface area (Å²) in [6, 6.07) is 2.59. The average Bonchev–Trinajstić information content (AvgIpc) is 2.64. The van der Waals surface area contributed by atoms with Gasteiger partial charge >= 0.3 is 0 Å². The summed E-state index contributed by atoms with van der Waals surface area (Å²) in [6.45, 7) is 4.92. The van der Waals surface area contributed by atoms with Crippen molar-refractivity contribution in [2.24, 2.45) is 0 Å². The lowest BCUT2D eigenvalue weighted by Crippen LogP contribution is -2.33. The van der Waals surface area contributed by atoms with Gasteiger partial charge in [0.05, 0.1) is 12.7 Å². The van der Waals surface area contributed by atoms with Crippen LogP contribution in [-0.4, -0.2) is 25.8 Å². The van der Waals surface area contributed by atoms with Crippen molar-refractivity contribution >= 4 is 11.3 Å². The van der Waals surface area contributed by atoms with Gasteiger partial charge in [-0.1, -0.05) is 0 Å². The fraction of sp³-hybridized carbons (Fsp3) is 0.636. The fourth-order valence-electron chi connectivity index (χ4n) is 1.25. The summed E-state index contributed by atoms with van der Waals surface area (Å²) in [6.07, 6.45) is 1.36. The molecule has 1 heterocycles. The van der Waals surface area contributed by atoms with Gasteiger partial charge in [0.2, 0.25) is 0 Å². The minimum Gasteiger partial charge on any atom is -0.377 e. The normalized spacial score (nSPS) is 13.4. The zero-order valence-electron chi connectivity index (χ0n) is 9.12. The minimum atomic E-state index is 0.313. The SMILES string of the molecule is CNC(COC(C)C)Cc1ccsc1. The van der Waals surface area contributed by atoms with E-state index in [1.54, 1.807) is 11.3 Å². The van der Waals surface area contributed by atoms with Crippen molar-refractivity contribution in [2.75, 3.05) is 13.7 Å². The summed E-state index contributed by atoms with van der Waals surface area (Å²) in [5.74, 6) is 0. The van der Waals surface area contributed by atoms with Crippen LogP contribution in [0.4, 0.5) is 0 Å². The molecule has 1 aromatic heterocycles. The summed E-state index contributed by atoms with van der Waals surface area (Å²) in [5.41, 5.74) is 1.39. The van der Waals surface area contributed by atoms with Gasteiger partial charge in [0.25, 0.3) is 0 Å². The van der Waals surface area contributed by atoms with E-state index >= 15 is 0 Å². The number of rotatable bonds is 6. The molecule has 3 heteroatoms. The summed E-state index contributed by atoms with van der Waals surface area (Å²) >= 11 is 1.75. The van der Waals surface area contributed by atoms with Crippen molar-refractivity contribution in [1.82, 2.24) is 5.32 Å². The highest BCUT2D eigenvalue weighted by molar-refractivity contribution is 7.07. The predicted octanol–water partition coefficient (Wildman–Crippen LogP) is 2.30. The van der Waals surface area contributed by atoms with Crippen LogP contribution >= 0.6 is 11.3 Å². The van der Waals surface area contributed by atoms with Gasteiger partial charge in [0, 0.05) is 6.04 Å². The van der Waals surface area contributed by atoms with Crippen molar-refractivity contribution in [3.8, 4) is 0 Å². The molecule has 0 aliphatic heterocycles. The summed E-state index contributed by atoms with van der Waals surface area (Å²) < 4.78 is 5.58. The number of likely N-dealkylation sites (N-methyl/N-ethyl adjacent to an activating group) is 1. The first-order valence-electron chi connectivity index (χ1n) is 5.02. The predicted molar refractivity (Wildman–Crippen MR) is 62.0 cm³/mol. The molecule has 0 aliphatic carbocycles. The van der Waals surface area contributed by atoms with Gasteiger partial charge in [-0.3, -0.25) is 0 Å². The highest BCUT2D eigenvalue weighted by atomic mass is 32.1. The maximum atomic E-state index is 5.58. The zero-order chi connectivity index (χ0) is 10.4. The quantitative estimate of drug-likeness (QED) is 0.783. The first kappa shape index (κ1) is 11.7. The van der Waals surface area contributed by atoms with Crippen LogP contribution in [0, 0.1) is 0 Å². The van der Waals surface area contributed by atoms with E-state index < -0.39 is 0 Å². The maximum absolute atomic E-state index is 5.58. The molecular formula is C11H19NOS. The van der Waals surface area contributed by atoms with Crippen LogP contribution in [0.5, 0.6) is 0 Å². The van der Waals surface area contributed by atoms with E-state index in [-0.39, 0.29) is 0 Å². The molecule has 0 bridgehead atoms. The molecule has 1 N–H and O–H groups in total. The molecule has 0 saturated carbocycles. The van der Waals surface area contributed by atoms with Gasteiger partial charge in [0.1, 0.15) is 0 Å². The van der Waals surface area contributed by atoms with Crippen LogP contribution in [0.25, 0.3) is 0 Å². The second kappa shape index (κ2) is 6.17. The number of hydrogen-bond acceptors (Lipinski definition) is 3. The molecule has 1 rings (SSSR count). The molecule has 0 radical (unpaired) electrons. The van der Waals surface area contributed by atoms with E-state index in [4.69, 9.17) is 4.74 Å². The fourth-order valence-corrected chi connectivity index (χ4v) is 1.93. The Morgan fingerprint density at radius 1 is 1.50 bits per heavy atom. The lowest BCUT2D eigenvalue weighted by molar-refractivity contribution is 0.0628. The molecule has 14 heavy (non-hydrogen) atoms. The lowest BCUT2D eigenvalue weighted by Gasteiger charge is -2.17. The Hall–Kier alpha value is -0.380. The van der Waals surface area contributed by atoms with Crippen molar-refractivity contribution in [3.63, 3.8) is 0 Å². The van der Waals surface area contributed by atoms with E-state index in [9.17, 15) is 0 Å². The zero-order valence-corrected chi connectivity index (χ0v) is 9.93. The summed E-state index contributed by atoms with van der Waals surface area (Å²) in [7, 11) is 1.99. The van der Waals surface area contributed by atoms with Crippen LogP contribution < -0.4 is 5.32 Å². The van der Waals surface area contributed by atoms with Crippen molar-refractivity contribution in [3.05, 3.63) is 22.4 Å². The second-order valence-electron chi connectivity index (χ2n) is 3.70. The molecule has 1 atom stereocenters. The van der Waals surface area contributed by atoms with E-state index in [0.29, 0.717) is 12.1 Å². The Morgan fingerprint density at radius 3 is 2.79 bits per heavy atom. The molecule has 0 amide bonds. The third-order valence-electron chi connectivity index (χ3n) is 2.10. The van der Waals surface area contributed by atoms with Crippen molar-refractivity contribution < 1.29 is 4.74 Å². The molecule has 0 spiro atoms. The maximum Gasteiger partial charge on any atom is 0.0626 e. The Bertz CT molecular complexity index is 233. The van der Waals surface area contributed by atoms with Gasteiger partial charge in [-0.05, 0) is 49.7 Å². The van der Waals surface area contributed by atoms with E-state index in [0.717, 1.165) is 13.0 Å². The lowest BCUT2D eigenvalue weighted by atomic mass is 10.1. The topological polar surface area (TPSA) is 21.3 Å². The number of thiophene rings is 1. The van der Waals surface area contributed by atoms with E-state index in [2.05, 4.69) is 36.0 Å². The largest absolute Gasteiger partial charge is 0.377 e. The number of ether oxygens (including phenoxy) is 1. The van der Waals surface area contributed by atoms with Crippen LogP contribution in [0.1, 0.15) is 19.4 Å². The highest BCUT2D eigenvalue weighted by Crippen LogP contribution is 2.09. The van der Waals surface area contributed by atoms with E-state index in [1.165, 1.54) is 5.56 Å². The summed E-state index contributed by atoms with van der Waals surface area (Å²) in [5, 5.41) is 7.59. The monoisotopic (exact) mass is 213 g/mol. The molecule has 0 saturated heterocycles. The minimum absolute atomic E-state index is 0.313. The van der Waals surface area contributed by atoms with Gasteiger partial charge in [-0.15, -0.1) is 0 Å². The molecule has 0 aromatic carbocycles. The van der Waals surface area contributed by atoms with Gasteiger partial charge in [-0.2, -0.15) is 11.3 Å². The Morgan fingerprint density at radius 2 is 2.29 bits per heavy atom. The van der Waals surface area contributed by atoms with Crippen molar-refractivity contribution in [1.29, 1.82) is 0 Å². The molecule has 80 valence electrons. The van der Waals surface area contributed by atoms with Gasteiger partial charge in [0.15, 0.2) is 0 Å². The first-order chi connectivity index (χ1) is 6.72. The third kappa shape index (κ3) is 4.22. The van der Waals surface area contributed by atoms with Crippen LogP contribution in [0.15, 0.2) is 16.8 Å². The smallest absolute Gasteiger partial charge is 0.0626 e. The standard InChI is InChI=1S/C11H19NOS/c1-9(2)13-7-11(12-3)6-10-4-5-14-8-10/h4-5,8-9,11-12H,6-7H2,1-3H3. The van der Waals surface area contributed by atoms with E-state index in [1.807, 2.05) is 7.05 Å². The molecule has 1 aromatic rings. The molecule has 2 nitrogen and oxygen atoms in total. The second-order valence-corrected chi connectivity index (χ2v) is 4.48. The number of hydrogen-bond donors (Lipinski definition) is 1. The summed E-state index contributed by atoms with van der Waals surface area (Å²) in [4.78, 5) is 0. The Kier molecular flexibility index (Phi) is 5.15. The molecule has 0 fully saturated rings. The van der Waals surface area contributed by atoms with Crippen molar-refractivity contribution in [2.45, 2.75) is 32.4 Å². The Labute approximate surface area is 90.3 Å². The third-order valence-corrected chi connectivity index (χ3v) is 2.83.